The predicted molar refractivity (Wildman–Crippen MR) is 86.7 cm³/mol. The maximum atomic E-state index is 6.26. The van der Waals surface area contributed by atoms with E-state index in [9.17, 15) is 0 Å². The molecule has 2 aromatic carbocycles. The Morgan fingerprint density at radius 3 is 2.67 bits per heavy atom. The van der Waals surface area contributed by atoms with Crippen LogP contribution in [0.5, 0.6) is 5.75 Å². The summed E-state index contributed by atoms with van der Waals surface area (Å²) in [5.41, 5.74) is 1.31. The van der Waals surface area contributed by atoms with Gasteiger partial charge in [0.05, 0.1) is 6.61 Å². The van der Waals surface area contributed by atoms with Crippen LogP contribution in [0.2, 0.25) is 0 Å². The molecule has 2 aliphatic rings. The standard InChI is InChI=1S/C19H23NO/c1-13(20-16-9-10-16)17-11-8-15-4-2-3-5-18(15)19(17)21-12-14-6-7-14/h2-5,8,11,13-14,16,20H,6-7,9-10,12H2,1H3. The summed E-state index contributed by atoms with van der Waals surface area (Å²) >= 11 is 0. The molecule has 2 fully saturated rings. The molecule has 1 N–H and O–H groups in total. The van der Waals surface area contributed by atoms with Gasteiger partial charge in [0, 0.05) is 23.0 Å². The second-order valence-electron chi connectivity index (χ2n) is 6.62. The van der Waals surface area contributed by atoms with Gasteiger partial charge in [0.1, 0.15) is 5.75 Å². The molecule has 0 aliphatic heterocycles. The van der Waals surface area contributed by atoms with Gasteiger partial charge in [-0.05, 0) is 43.9 Å². The lowest BCUT2D eigenvalue weighted by Crippen LogP contribution is -2.21. The summed E-state index contributed by atoms with van der Waals surface area (Å²) in [4.78, 5) is 0. The van der Waals surface area contributed by atoms with E-state index in [1.165, 1.54) is 42.0 Å². The van der Waals surface area contributed by atoms with Crippen molar-refractivity contribution in [1.82, 2.24) is 5.32 Å². The number of nitrogens with one attached hydrogen (secondary N) is 1. The molecule has 2 saturated carbocycles. The fourth-order valence-electron chi connectivity index (χ4n) is 2.94. The Kier molecular flexibility index (Phi) is 3.34. The van der Waals surface area contributed by atoms with E-state index in [-0.39, 0.29) is 0 Å². The summed E-state index contributed by atoms with van der Waals surface area (Å²) in [7, 11) is 0. The Hall–Kier alpha value is -1.54. The highest BCUT2D eigenvalue weighted by molar-refractivity contribution is 5.89. The quantitative estimate of drug-likeness (QED) is 0.845. The number of ether oxygens (including phenoxy) is 1. The molecule has 2 aromatic rings. The lowest BCUT2D eigenvalue weighted by molar-refractivity contribution is 0.297. The smallest absolute Gasteiger partial charge is 0.131 e. The van der Waals surface area contributed by atoms with E-state index in [0.717, 1.165) is 18.3 Å². The van der Waals surface area contributed by atoms with Gasteiger partial charge in [0.15, 0.2) is 0 Å². The molecular weight excluding hydrogens is 258 g/mol. The molecule has 0 amide bonds. The van der Waals surface area contributed by atoms with E-state index >= 15 is 0 Å². The summed E-state index contributed by atoms with van der Waals surface area (Å²) < 4.78 is 6.26. The van der Waals surface area contributed by atoms with Gasteiger partial charge in [-0.3, -0.25) is 0 Å². The highest BCUT2D eigenvalue weighted by Gasteiger charge is 2.26. The Labute approximate surface area is 126 Å². The molecule has 0 radical (unpaired) electrons. The topological polar surface area (TPSA) is 21.3 Å². The number of hydrogen-bond acceptors (Lipinski definition) is 2. The molecule has 4 rings (SSSR count). The summed E-state index contributed by atoms with van der Waals surface area (Å²) in [5.74, 6) is 1.88. The lowest BCUT2D eigenvalue weighted by atomic mass is 10.0. The molecule has 0 bridgehead atoms. The van der Waals surface area contributed by atoms with Gasteiger partial charge in [-0.1, -0.05) is 36.4 Å². The largest absolute Gasteiger partial charge is 0.492 e. The second kappa shape index (κ2) is 5.34. The molecule has 110 valence electrons. The first-order chi connectivity index (χ1) is 10.3. The number of benzene rings is 2. The zero-order chi connectivity index (χ0) is 14.2. The molecule has 0 aromatic heterocycles. The van der Waals surface area contributed by atoms with Gasteiger partial charge in [-0.15, -0.1) is 0 Å². The zero-order valence-electron chi connectivity index (χ0n) is 12.6. The maximum Gasteiger partial charge on any atom is 0.131 e. The SMILES string of the molecule is CC(NC1CC1)c1ccc2ccccc2c1OCC1CC1. The van der Waals surface area contributed by atoms with Crippen LogP contribution in [0.25, 0.3) is 10.8 Å². The van der Waals surface area contributed by atoms with Crippen LogP contribution in [0.1, 0.15) is 44.2 Å². The zero-order valence-corrected chi connectivity index (χ0v) is 12.6. The number of fused-ring (bicyclic) bond motifs is 1. The van der Waals surface area contributed by atoms with Crippen molar-refractivity contribution in [2.75, 3.05) is 6.61 Å². The van der Waals surface area contributed by atoms with Crippen LogP contribution in [0, 0.1) is 5.92 Å². The first-order valence-corrected chi connectivity index (χ1v) is 8.22. The fraction of sp³-hybridized carbons (Fsp3) is 0.474. The third-order valence-corrected chi connectivity index (χ3v) is 4.60. The molecule has 1 atom stereocenters. The van der Waals surface area contributed by atoms with Crippen molar-refractivity contribution in [3.8, 4) is 5.75 Å². The maximum absolute atomic E-state index is 6.26. The molecule has 1 unspecified atom stereocenters. The normalized spacial score (nSPS) is 19.7. The summed E-state index contributed by atoms with van der Waals surface area (Å²) in [6, 6.07) is 14.1. The van der Waals surface area contributed by atoms with E-state index in [1.807, 2.05) is 0 Å². The monoisotopic (exact) mass is 281 g/mol. The Morgan fingerprint density at radius 1 is 1.10 bits per heavy atom. The minimum absolute atomic E-state index is 0.358. The van der Waals surface area contributed by atoms with Crippen LogP contribution in [-0.2, 0) is 0 Å². The van der Waals surface area contributed by atoms with Crippen LogP contribution in [0.15, 0.2) is 36.4 Å². The third kappa shape index (κ3) is 2.91. The van der Waals surface area contributed by atoms with E-state index < -0.39 is 0 Å². The number of hydrogen-bond donors (Lipinski definition) is 1. The van der Waals surface area contributed by atoms with Gasteiger partial charge >= 0.3 is 0 Å². The highest BCUT2D eigenvalue weighted by atomic mass is 16.5. The first-order valence-electron chi connectivity index (χ1n) is 8.22. The van der Waals surface area contributed by atoms with Crippen LogP contribution in [-0.4, -0.2) is 12.6 Å². The Morgan fingerprint density at radius 2 is 1.90 bits per heavy atom. The predicted octanol–water partition coefficient (Wildman–Crippen LogP) is 4.44. The lowest BCUT2D eigenvalue weighted by Gasteiger charge is -2.20. The number of rotatable bonds is 6. The molecule has 21 heavy (non-hydrogen) atoms. The molecule has 2 aliphatic carbocycles. The molecule has 2 heteroatoms. The average Bonchev–Trinajstić information content (AvgIpc) is 3.39. The average molecular weight is 281 g/mol. The van der Waals surface area contributed by atoms with Gasteiger partial charge in [0.25, 0.3) is 0 Å². The summed E-state index contributed by atoms with van der Waals surface area (Å²) in [6.45, 7) is 3.13. The van der Waals surface area contributed by atoms with Crippen molar-refractivity contribution in [3.63, 3.8) is 0 Å². The minimum atomic E-state index is 0.358. The van der Waals surface area contributed by atoms with Gasteiger partial charge < -0.3 is 10.1 Å². The van der Waals surface area contributed by atoms with Crippen molar-refractivity contribution >= 4 is 10.8 Å². The minimum Gasteiger partial charge on any atom is -0.492 e. The Bertz CT molecular complexity index is 643. The first kappa shape index (κ1) is 13.1. The second-order valence-corrected chi connectivity index (χ2v) is 6.62. The van der Waals surface area contributed by atoms with Crippen LogP contribution >= 0.6 is 0 Å². The van der Waals surface area contributed by atoms with E-state index in [1.54, 1.807) is 0 Å². The van der Waals surface area contributed by atoms with Crippen molar-refractivity contribution in [2.24, 2.45) is 5.92 Å². The highest BCUT2D eigenvalue weighted by Crippen LogP contribution is 2.37. The Balaban J connectivity index is 1.69. The van der Waals surface area contributed by atoms with Crippen molar-refractivity contribution < 1.29 is 4.74 Å². The molecule has 0 spiro atoms. The summed E-state index contributed by atoms with van der Waals surface area (Å²) in [5, 5.41) is 6.22. The van der Waals surface area contributed by atoms with Gasteiger partial charge in [-0.2, -0.15) is 0 Å². The van der Waals surface area contributed by atoms with Gasteiger partial charge in [0.2, 0.25) is 0 Å². The van der Waals surface area contributed by atoms with Crippen molar-refractivity contribution in [3.05, 3.63) is 42.0 Å². The molecule has 0 saturated heterocycles. The van der Waals surface area contributed by atoms with Crippen molar-refractivity contribution in [2.45, 2.75) is 44.7 Å². The van der Waals surface area contributed by atoms with E-state index in [2.05, 4.69) is 48.6 Å². The van der Waals surface area contributed by atoms with Crippen LogP contribution in [0.4, 0.5) is 0 Å². The van der Waals surface area contributed by atoms with Crippen molar-refractivity contribution in [1.29, 1.82) is 0 Å². The van der Waals surface area contributed by atoms with Gasteiger partial charge in [-0.25, -0.2) is 0 Å². The van der Waals surface area contributed by atoms with Crippen LogP contribution in [0.3, 0.4) is 0 Å². The summed E-state index contributed by atoms with van der Waals surface area (Å²) in [6.07, 6.45) is 5.29. The fourth-order valence-corrected chi connectivity index (χ4v) is 2.94. The van der Waals surface area contributed by atoms with Crippen LogP contribution < -0.4 is 10.1 Å². The third-order valence-electron chi connectivity index (χ3n) is 4.60. The van der Waals surface area contributed by atoms with E-state index in [0.29, 0.717) is 12.1 Å². The molecule has 2 nitrogen and oxygen atoms in total. The van der Waals surface area contributed by atoms with E-state index in [4.69, 9.17) is 4.74 Å². The molecular formula is C19H23NO. The molecule has 0 heterocycles.